The lowest BCUT2D eigenvalue weighted by Crippen LogP contribution is -2.49. The molecule has 0 amide bonds. The van der Waals surface area contributed by atoms with E-state index in [1.54, 1.807) is 6.08 Å². The Morgan fingerprint density at radius 3 is 2.96 bits per heavy atom. The summed E-state index contributed by atoms with van der Waals surface area (Å²) in [6.45, 7) is 2.77. The third-order valence-corrected chi connectivity index (χ3v) is 7.39. The molecule has 0 heterocycles. The monoisotopic (exact) mass is 317 g/mol. The highest BCUT2D eigenvalue weighted by Crippen LogP contribution is 2.62. The molecule has 4 aliphatic rings. The summed E-state index contributed by atoms with van der Waals surface area (Å²) < 4.78 is 0. The Bertz CT molecular complexity index is 569. The average molecular weight is 317 g/mol. The third kappa shape index (κ3) is 2.26. The van der Waals surface area contributed by atoms with E-state index in [0.717, 1.165) is 32.1 Å². The molecule has 3 N–H and O–H groups in total. The molecule has 4 rings (SSSR count). The lowest BCUT2D eigenvalue weighted by Gasteiger charge is -2.54. The molecular weight excluding hydrogens is 290 g/mol. The van der Waals surface area contributed by atoms with Crippen molar-refractivity contribution in [1.29, 1.82) is 0 Å². The number of fused-ring (bicyclic) bond motifs is 5. The van der Waals surface area contributed by atoms with Crippen LogP contribution in [-0.4, -0.2) is 23.6 Å². The summed E-state index contributed by atoms with van der Waals surface area (Å²) in [5.41, 5.74) is 1.30. The normalized spacial score (nSPS) is 48.5. The zero-order valence-electron chi connectivity index (χ0n) is 13.8. The molecule has 0 bridgehead atoms. The smallest absolute Gasteiger partial charge is 0.178 e. The van der Waals surface area contributed by atoms with Crippen LogP contribution in [0, 0.1) is 35.0 Å². The first-order chi connectivity index (χ1) is 11.0. The minimum atomic E-state index is -0.155. The summed E-state index contributed by atoms with van der Waals surface area (Å²) in [4.78, 5) is 16.8. The second-order valence-corrected chi connectivity index (χ2v) is 8.27. The second kappa shape index (κ2) is 5.54. The van der Waals surface area contributed by atoms with Crippen LogP contribution in [0.15, 0.2) is 23.8 Å². The van der Waals surface area contributed by atoms with Gasteiger partial charge in [-0.05, 0) is 67.4 Å². The van der Waals surface area contributed by atoms with Gasteiger partial charge >= 0.3 is 0 Å². The molecule has 0 saturated heterocycles. The van der Waals surface area contributed by atoms with Crippen LogP contribution < -0.4 is 5.90 Å². The Morgan fingerprint density at radius 2 is 2.17 bits per heavy atom. The van der Waals surface area contributed by atoms with Crippen LogP contribution in [0.4, 0.5) is 0 Å². The molecule has 4 heteroatoms. The van der Waals surface area contributed by atoms with Crippen LogP contribution >= 0.6 is 0 Å². The van der Waals surface area contributed by atoms with Crippen molar-refractivity contribution in [2.24, 2.45) is 40.9 Å². The Kier molecular flexibility index (Phi) is 3.74. The molecule has 0 aromatic rings. The number of hydrogen-bond acceptors (Lipinski definition) is 4. The molecule has 0 spiro atoms. The van der Waals surface area contributed by atoms with Crippen LogP contribution in [0.2, 0.25) is 0 Å². The number of carbonyl (C=O) groups is 1. The highest BCUT2D eigenvalue weighted by molar-refractivity contribution is 6.01. The average Bonchev–Trinajstić information content (AvgIpc) is 2.83. The predicted octanol–water partition coefficient (Wildman–Crippen LogP) is 2.38. The van der Waals surface area contributed by atoms with Gasteiger partial charge < -0.3 is 9.94 Å². The van der Waals surface area contributed by atoms with E-state index in [-0.39, 0.29) is 23.2 Å². The van der Waals surface area contributed by atoms with Crippen LogP contribution in [0.1, 0.15) is 39.0 Å². The summed E-state index contributed by atoms with van der Waals surface area (Å²) in [7, 11) is 0. The highest BCUT2D eigenvalue weighted by atomic mass is 16.6. The summed E-state index contributed by atoms with van der Waals surface area (Å²) in [6.07, 6.45) is 10.9. The topological polar surface area (TPSA) is 72.5 Å². The van der Waals surface area contributed by atoms with E-state index >= 15 is 0 Å². The lowest BCUT2D eigenvalue weighted by molar-refractivity contribution is -0.111. The largest absolute Gasteiger partial charge is 0.393 e. The molecule has 0 aromatic carbocycles. The maximum atomic E-state index is 11.8. The van der Waals surface area contributed by atoms with Gasteiger partial charge in [-0.2, -0.15) is 0 Å². The molecular formula is C19H27NO3. The molecule has 126 valence electrons. The lowest BCUT2D eigenvalue weighted by atomic mass is 9.51. The van der Waals surface area contributed by atoms with Gasteiger partial charge in [0.15, 0.2) is 5.78 Å². The Labute approximate surface area is 137 Å². The Balaban J connectivity index is 1.68. The second-order valence-electron chi connectivity index (χ2n) is 8.27. The highest BCUT2D eigenvalue weighted by Gasteiger charge is 2.56. The fraction of sp³-hybridized carbons (Fsp3) is 0.737. The fourth-order valence-electron chi connectivity index (χ4n) is 6.22. The number of nitrogens with two attached hydrogens (primary N) is 1. The van der Waals surface area contributed by atoms with Crippen molar-refractivity contribution < 1.29 is 14.7 Å². The fourth-order valence-corrected chi connectivity index (χ4v) is 6.22. The maximum Gasteiger partial charge on any atom is 0.178 e. The van der Waals surface area contributed by atoms with Gasteiger partial charge in [0.05, 0.1) is 12.7 Å². The maximum absolute atomic E-state index is 11.8. The van der Waals surface area contributed by atoms with Gasteiger partial charge in [0.25, 0.3) is 0 Å². The predicted molar refractivity (Wildman–Crippen MR) is 87.0 cm³/mol. The molecule has 0 aromatic heterocycles. The zero-order valence-corrected chi connectivity index (χ0v) is 13.8. The van der Waals surface area contributed by atoms with E-state index in [1.807, 2.05) is 6.08 Å². The minimum Gasteiger partial charge on any atom is -0.393 e. The quantitative estimate of drug-likeness (QED) is 0.767. The molecule has 3 fully saturated rings. The molecule has 4 aliphatic carbocycles. The molecule has 23 heavy (non-hydrogen) atoms. The van der Waals surface area contributed by atoms with Crippen molar-refractivity contribution in [3.8, 4) is 0 Å². The van der Waals surface area contributed by atoms with Crippen molar-refractivity contribution in [3.63, 3.8) is 0 Å². The zero-order chi connectivity index (χ0) is 16.2. The van der Waals surface area contributed by atoms with Gasteiger partial charge in [0.1, 0.15) is 0 Å². The number of aliphatic hydroxyl groups excluding tert-OH is 1. The van der Waals surface area contributed by atoms with E-state index < -0.39 is 0 Å². The van der Waals surface area contributed by atoms with Gasteiger partial charge in [0, 0.05) is 11.8 Å². The van der Waals surface area contributed by atoms with E-state index in [9.17, 15) is 9.90 Å². The Morgan fingerprint density at radius 1 is 1.35 bits per heavy atom. The first-order valence-corrected chi connectivity index (χ1v) is 8.98. The van der Waals surface area contributed by atoms with Crippen LogP contribution in [0.3, 0.4) is 0 Å². The summed E-state index contributed by atoms with van der Waals surface area (Å²) in [6, 6.07) is 0. The summed E-state index contributed by atoms with van der Waals surface area (Å²) in [5, 5.41) is 10.5. The van der Waals surface area contributed by atoms with Crippen LogP contribution in [0.25, 0.3) is 0 Å². The molecule has 7 atom stereocenters. The van der Waals surface area contributed by atoms with Crippen LogP contribution in [-0.2, 0) is 9.63 Å². The molecule has 0 aliphatic heterocycles. The number of rotatable bonds is 2. The molecule has 1 unspecified atom stereocenters. The SMILES string of the molecule is C[C@]12CC[C@@H]3C4C=CC(=O)C=C4[C@@H](CON)C[C@H]3[C@@H]1CC[C@@H]2O. The van der Waals surface area contributed by atoms with Crippen molar-refractivity contribution in [2.45, 2.75) is 45.1 Å². The summed E-state index contributed by atoms with van der Waals surface area (Å²) in [5.74, 6) is 7.84. The number of carbonyl (C=O) groups excluding carboxylic acids is 1. The molecule has 3 saturated carbocycles. The third-order valence-electron chi connectivity index (χ3n) is 7.39. The van der Waals surface area contributed by atoms with Crippen LogP contribution in [0.5, 0.6) is 0 Å². The van der Waals surface area contributed by atoms with E-state index in [1.165, 1.54) is 5.57 Å². The van der Waals surface area contributed by atoms with Crippen molar-refractivity contribution in [2.75, 3.05) is 6.61 Å². The Hall–Kier alpha value is -0.970. The molecule has 4 nitrogen and oxygen atoms in total. The number of ketones is 1. The molecule has 0 radical (unpaired) electrons. The standard InChI is InChI=1S/C19H27NO3/c1-19-7-6-14-13-3-2-12(21)9-15(13)11(10-23-20)8-16(14)17(19)4-5-18(19)22/h2-3,9,11,13-14,16-18,22H,4-8,10,20H2,1H3/t11-,13?,14-,16-,17+,18+,19+/m1/s1. The number of aliphatic hydroxyl groups is 1. The van der Waals surface area contributed by atoms with Gasteiger partial charge in [-0.1, -0.05) is 18.6 Å². The van der Waals surface area contributed by atoms with Crippen molar-refractivity contribution in [3.05, 3.63) is 23.8 Å². The number of allylic oxidation sites excluding steroid dienone is 3. The van der Waals surface area contributed by atoms with E-state index in [2.05, 4.69) is 13.0 Å². The van der Waals surface area contributed by atoms with Crippen molar-refractivity contribution >= 4 is 5.78 Å². The van der Waals surface area contributed by atoms with Gasteiger partial charge in [0.2, 0.25) is 0 Å². The van der Waals surface area contributed by atoms with Gasteiger partial charge in [-0.25, -0.2) is 5.90 Å². The summed E-state index contributed by atoms with van der Waals surface area (Å²) >= 11 is 0. The van der Waals surface area contributed by atoms with Gasteiger partial charge in [-0.3, -0.25) is 4.79 Å². The minimum absolute atomic E-state index is 0.0741. The van der Waals surface area contributed by atoms with Crippen molar-refractivity contribution in [1.82, 2.24) is 0 Å². The van der Waals surface area contributed by atoms with E-state index in [0.29, 0.717) is 30.3 Å². The number of hydrogen-bond donors (Lipinski definition) is 2. The van der Waals surface area contributed by atoms with E-state index in [4.69, 9.17) is 10.7 Å². The van der Waals surface area contributed by atoms with Gasteiger partial charge in [-0.15, -0.1) is 0 Å². The first kappa shape index (κ1) is 15.6. The first-order valence-electron chi connectivity index (χ1n) is 8.98.